The molecule has 9 heteroatoms. The summed E-state index contributed by atoms with van der Waals surface area (Å²) in [5, 5.41) is 14.6. The molecule has 2 rings (SSSR count). The Morgan fingerprint density at radius 3 is 2.62 bits per heavy atom. The fraction of sp³-hybridized carbons (Fsp3) is 0.647. The number of likely N-dealkylation sites (N-methyl/N-ethyl adjacent to an activating group) is 1. The molecule has 8 nitrogen and oxygen atoms in total. The summed E-state index contributed by atoms with van der Waals surface area (Å²) in [6.45, 7) is 9.84. The van der Waals surface area contributed by atoms with E-state index in [1.165, 1.54) is 12.1 Å². The highest BCUT2D eigenvalue weighted by molar-refractivity contribution is 7.89. The van der Waals surface area contributed by atoms with Gasteiger partial charge < -0.3 is 5.32 Å². The normalized spacial score (nSPS) is 18.8. The zero-order valence-corrected chi connectivity index (χ0v) is 16.6. The minimum atomic E-state index is -3.82. The average molecular weight is 385 g/mol. The second-order valence-corrected chi connectivity index (χ2v) is 9.28. The molecule has 2 N–H and O–H groups in total. The van der Waals surface area contributed by atoms with Crippen molar-refractivity contribution in [2.24, 2.45) is 0 Å². The van der Waals surface area contributed by atoms with Crippen LogP contribution in [0.3, 0.4) is 0 Å². The van der Waals surface area contributed by atoms with E-state index in [1.54, 1.807) is 20.8 Å². The van der Waals surface area contributed by atoms with Crippen molar-refractivity contribution in [3.63, 3.8) is 0 Å². The molecule has 1 aromatic rings. The number of nitro groups is 1. The fourth-order valence-electron chi connectivity index (χ4n) is 3.21. The van der Waals surface area contributed by atoms with Crippen molar-refractivity contribution < 1.29 is 13.3 Å². The first-order chi connectivity index (χ1) is 12.0. The highest BCUT2D eigenvalue weighted by atomic mass is 32.2. The second-order valence-electron chi connectivity index (χ2n) is 7.60. The van der Waals surface area contributed by atoms with Gasteiger partial charge in [-0.3, -0.25) is 15.0 Å². The van der Waals surface area contributed by atoms with Gasteiger partial charge in [0, 0.05) is 24.2 Å². The van der Waals surface area contributed by atoms with Crippen molar-refractivity contribution >= 4 is 21.4 Å². The minimum Gasteiger partial charge on any atom is -0.378 e. The lowest BCUT2D eigenvalue weighted by atomic mass is 10.1. The van der Waals surface area contributed by atoms with Crippen LogP contribution in [0.4, 0.5) is 11.4 Å². The van der Waals surface area contributed by atoms with E-state index >= 15 is 0 Å². The number of nitrogens with zero attached hydrogens (tertiary/aromatic N) is 2. The van der Waals surface area contributed by atoms with E-state index < -0.39 is 20.5 Å². The molecule has 1 aliphatic heterocycles. The van der Waals surface area contributed by atoms with E-state index in [1.807, 2.05) is 0 Å². The Balaban J connectivity index is 2.22. The first kappa shape index (κ1) is 20.6. The Bertz CT molecular complexity index is 759. The summed E-state index contributed by atoms with van der Waals surface area (Å²) in [7, 11) is -3.82. The van der Waals surface area contributed by atoms with Gasteiger partial charge in [-0.05, 0) is 58.8 Å². The smallest absolute Gasteiger partial charge is 0.293 e. The fourth-order valence-corrected chi connectivity index (χ4v) is 4.65. The van der Waals surface area contributed by atoms with Gasteiger partial charge in [-0.25, -0.2) is 13.1 Å². The number of hydrogen-bond donors (Lipinski definition) is 2. The molecule has 0 amide bonds. The highest BCUT2D eigenvalue weighted by Gasteiger charge is 2.27. The van der Waals surface area contributed by atoms with Crippen LogP contribution < -0.4 is 10.0 Å². The number of sulfonamides is 1. The number of anilines is 1. The van der Waals surface area contributed by atoms with Crippen LogP contribution in [0.2, 0.25) is 0 Å². The number of hydrogen-bond acceptors (Lipinski definition) is 6. The Hall–Kier alpha value is -1.71. The van der Waals surface area contributed by atoms with Crippen LogP contribution in [0.1, 0.15) is 40.5 Å². The van der Waals surface area contributed by atoms with Crippen molar-refractivity contribution in [3.05, 3.63) is 28.3 Å². The Labute approximate surface area is 155 Å². The number of nitro benzene ring substituents is 1. The Morgan fingerprint density at radius 2 is 2.04 bits per heavy atom. The molecule has 0 aliphatic carbocycles. The molecule has 0 bridgehead atoms. The van der Waals surface area contributed by atoms with Gasteiger partial charge in [0.2, 0.25) is 10.0 Å². The molecule has 0 radical (unpaired) electrons. The molecule has 1 aliphatic rings. The van der Waals surface area contributed by atoms with Crippen molar-refractivity contribution in [1.29, 1.82) is 0 Å². The molecule has 26 heavy (non-hydrogen) atoms. The number of rotatable bonds is 7. The van der Waals surface area contributed by atoms with Gasteiger partial charge in [0.15, 0.2) is 0 Å². The van der Waals surface area contributed by atoms with Crippen LogP contribution >= 0.6 is 0 Å². The summed E-state index contributed by atoms with van der Waals surface area (Å²) in [5.41, 5.74) is -0.563. The zero-order chi connectivity index (χ0) is 19.5. The predicted molar refractivity (Wildman–Crippen MR) is 102 cm³/mol. The maximum Gasteiger partial charge on any atom is 0.293 e. The maximum atomic E-state index is 12.4. The summed E-state index contributed by atoms with van der Waals surface area (Å²) >= 11 is 0. The van der Waals surface area contributed by atoms with Gasteiger partial charge in [-0.1, -0.05) is 6.92 Å². The third-order valence-electron chi connectivity index (χ3n) is 4.35. The molecule has 1 unspecified atom stereocenters. The average Bonchev–Trinajstić information content (AvgIpc) is 2.97. The molecule has 0 aromatic heterocycles. The van der Waals surface area contributed by atoms with Gasteiger partial charge in [0.1, 0.15) is 5.69 Å². The first-order valence-electron chi connectivity index (χ1n) is 8.84. The third kappa shape index (κ3) is 5.15. The highest BCUT2D eigenvalue weighted by Crippen LogP contribution is 2.29. The largest absolute Gasteiger partial charge is 0.378 e. The quantitative estimate of drug-likeness (QED) is 0.553. The van der Waals surface area contributed by atoms with Crippen molar-refractivity contribution in [1.82, 2.24) is 9.62 Å². The third-order valence-corrected chi connectivity index (χ3v) is 6.11. The molecule has 0 spiro atoms. The number of nitrogens with one attached hydrogen (secondary N) is 2. The predicted octanol–water partition coefficient (Wildman–Crippen LogP) is 2.57. The summed E-state index contributed by atoms with van der Waals surface area (Å²) in [4.78, 5) is 13.1. The van der Waals surface area contributed by atoms with Crippen LogP contribution in [0.5, 0.6) is 0 Å². The van der Waals surface area contributed by atoms with Crippen molar-refractivity contribution in [3.8, 4) is 0 Å². The summed E-state index contributed by atoms with van der Waals surface area (Å²) in [6.07, 6.45) is 2.18. The lowest BCUT2D eigenvalue weighted by Crippen LogP contribution is -2.40. The number of likely N-dealkylation sites (tertiary alicyclic amines) is 1. The molecule has 1 fully saturated rings. The Morgan fingerprint density at radius 1 is 1.35 bits per heavy atom. The summed E-state index contributed by atoms with van der Waals surface area (Å²) in [5.74, 6) is 0. The van der Waals surface area contributed by atoms with Crippen LogP contribution in [0.25, 0.3) is 0 Å². The lowest BCUT2D eigenvalue weighted by Gasteiger charge is -2.23. The molecule has 0 saturated carbocycles. The van der Waals surface area contributed by atoms with E-state index in [0.29, 0.717) is 18.3 Å². The van der Waals surface area contributed by atoms with Gasteiger partial charge in [0.25, 0.3) is 5.69 Å². The van der Waals surface area contributed by atoms with E-state index in [2.05, 4.69) is 21.9 Å². The van der Waals surface area contributed by atoms with E-state index in [9.17, 15) is 18.5 Å². The van der Waals surface area contributed by atoms with Gasteiger partial charge in [-0.2, -0.15) is 0 Å². The lowest BCUT2D eigenvalue weighted by molar-refractivity contribution is -0.384. The molecule has 146 valence electrons. The van der Waals surface area contributed by atoms with Crippen molar-refractivity contribution in [2.45, 2.75) is 57.0 Å². The standard InChI is InChI=1S/C17H28N4O4S/c1-5-20-10-6-7-13(20)12-18-15-9-8-14(11-16(15)21(22)23)26(24,25)19-17(2,3)4/h8-9,11,13,18-19H,5-7,10,12H2,1-4H3. The molecule has 1 atom stereocenters. The monoisotopic (exact) mass is 384 g/mol. The molecule has 1 heterocycles. The van der Waals surface area contributed by atoms with E-state index in [0.717, 1.165) is 32.0 Å². The summed E-state index contributed by atoms with van der Waals surface area (Å²) in [6, 6.07) is 4.32. The van der Waals surface area contributed by atoms with E-state index in [4.69, 9.17) is 0 Å². The first-order valence-corrected chi connectivity index (χ1v) is 10.3. The molecule has 1 aromatic carbocycles. The number of benzene rings is 1. The van der Waals surface area contributed by atoms with E-state index in [-0.39, 0.29) is 10.6 Å². The zero-order valence-electron chi connectivity index (χ0n) is 15.8. The van der Waals surface area contributed by atoms with Gasteiger partial charge >= 0.3 is 0 Å². The van der Waals surface area contributed by atoms with Crippen molar-refractivity contribution in [2.75, 3.05) is 25.0 Å². The van der Waals surface area contributed by atoms with Crippen LogP contribution in [0.15, 0.2) is 23.1 Å². The van der Waals surface area contributed by atoms with Gasteiger partial charge in [-0.15, -0.1) is 0 Å². The van der Waals surface area contributed by atoms with Crippen LogP contribution in [0, 0.1) is 10.1 Å². The topological polar surface area (TPSA) is 105 Å². The molecule has 1 saturated heterocycles. The van der Waals surface area contributed by atoms with Crippen LogP contribution in [-0.2, 0) is 10.0 Å². The molecular formula is C17H28N4O4S. The SMILES string of the molecule is CCN1CCCC1CNc1ccc(S(=O)(=O)NC(C)(C)C)cc1[N+](=O)[O-]. The van der Waals surface area contributed by atoms with Crippen LogP contribution in [-0.4, -0.2) is 49.5 Å². The molecular weight excluding hydrogens is 356 g/mol. The Kier molecular flexibility index (Phi) is 6.25. The maximum absolute atomic E-state index is 12.4. The minimum absolute atomic E-state index is 0.110. The van der Waals surface area contributed by atoms with Gasteiger partial charge in [0.05, 0.1) is 9.82 Å². The summed E-state index contributed by atoms with van der Waals surface area (Å²) < 4.78 is 27.4. The second kappa shape index (κ2) is 7.89.